The molecule has 0 amide bonds. The van der Waals surface area contributed by atoms with E-state index in [1.807, 2.05) is 0 Å². The van der Waals surface area contributed by atoms with Crippen LogP contribution in [0, 0.1) is 5.92 Å². The Morgan fingerprint density at radius 1 is 0.743 bits per heavy atom. The molecule has 0 aromatic heterocycles. The summed E-state index contributed by atoms with van der Waals surface area (Å²) >= 11 is 0. The Bertz CT molecular complexity index is 710. The van der Waals surface area contributed by atoms with Crippen LogP contribution in [-0.2, 0) is 33.2 Å². The van der Waals surface area contributed by atoms with Crippen molar-refractivity contribution in [1.82, 2.24) is 0 Å². The lowest BCUT2D eigenvalue weighted by molar-refractivity contribution is -0.375. The van der Waals surface area contributed by atoms with Gasteiger partial charge in [-0.3, -0.25) is 0 Å². The predicted molar refractivity (Wildman–Crippen MR) is 108 cm³/mol. The summed E-state index contributed by atoms with van der Waals surface area (Å²) in [5.74, 6) is -2.24. The first-order chi connectivity index (χ1) is 16.4. The molecule has 3 saturated heterocycles. The predicted octanol–water partition coefficient (Wildman–Crippen LogP) is -4.52. The summed E-state index contributed by atoms with van der Waals surface area (Å²) in [6.07, 6.45) is -21.3. The number of carboxylic acids is 1. The van der Waals surface area contributed by atoms with Crippen molar-refractivity contribution in [2.24, 2.45) is 5.92 Å². The molecule has 3 fully saturated rings. The number of carbonyl (C=O) groups is 1. The zero-order chi connectivity index (χ0) is 26.2. The minimum Gasteiger partial charge on any atom is -0.479 e. The SMILES string of the molecule is CO[C@@H]1OC(C(=O)O)[C@H](O)[C@H](O[C@@H]2OC(CO)[C@H](O)[C@H](OC3OC(C)[C@H](O)[C@H](C)[C@@H]3O)C2O)C1O. The third-order valence-electron chi connectivity index (χ3n) is 6.61. The van der Waals surface area contributed by atoms with Gasteiger partial charge in [0.1, 0.15) is 48.8 Å². The summed E-state index contributed by atoms with van der Waals surface area (Å²) in [5, 5.41) is 81.9. The maximum Gasteiger partial charge on any atom is 0.335 e. The molecule has 15 heteroatoms. The lowest BCUT2D eigenvalue weighted by Crippen LogP contribution is -2.66. The molecule has 3 rings (SSSR count). The van der Waals surface area contributed by atoms with Crippen molar-refractivity contribution in [1.29, 1.82) is 0 Å². The molecule has 15 nitrogen and oxygen atoms in total. The number of aliphatic hydroxyl groups is 7. The minimum atomic E-state index is -1.92. The smallest absolute Gasteiger partial charge is 0.335 e. The van der Waals surface area contributed by atoms with Crippen LogP contribution in [0.15, 0.2) is 0 Å². The van der Waals surface area contributed by atoms with Gasteiger partial charge in [-0.25, -0.2) is 4.79 Å². The Kier molecular flexibility index (Phi) is 9.42. The molecule has 0 aromatic carbocycles. The van der Waals surface area contributed by atoms with Gasteiger partial charge in [0.25, 0.3) is 0 Å². The van der Waals surface area contributed by atoms with Crippen LogP contribution >= 0.6 is 0 Å². The zero-order valence-corrected chi connectivity index (χ0v) is 19.3. The third-order valence-corrected chi connectivity index (χ3v) is 6.61. The van der Waals surface area contributed by atoms with Gasteiger partial charge in [0.05, 0.1) is 18.8 Å². The lowest BCUT2D eigenvalue weighted by Gasteiger charge is -2.48. The number of rotatable bonds is 7. The van der Waals surface area contributed by atoms with Gasteiger partial charge in [-0.1, -0.05) is 6.92 Å². The van der Waals surface area contributed by atoms with Crippen molar-refractivity contribution in [3.8, 4) is 0 Å². The molecule has 3 aliphatic heterocycles. The first-order valence-corrected chi connectivity index (χ1v) is 11.1. The molecule has 35 heavy (non-hydrogen) atoms. The topological polar surface area (TPSA) is 234 Å². The van der Waals surface area contributed by atoms with E-state index in [2.05, 4.69) is 0 Å². The molecular weight excluding hydrogens is 480 g/mol. The Balaban J connectivity index is 1.80. The van der Waals surface area contributed by atoms with Crippen LogP contribution < -0.4 is 0 Å². The van der Waals surface area contributed by atoms with Gasteiger partial charge in [-0.2, -0.15) is 0 Å². The quantitative estimate of drug-likeness (QED) is 0.160. The molecule has 0 aliphatic carbocycles. The van der Waals surface area contributed by atoms with Gasteiger partial charge in [-0.15, -0.1) is 0 Å². The molecule has 0 saturated carbocycles. The largest absolute Gasteiger partial charge is 0.479 e. The fourth-order valence-corrected chi connectivity index (χ4v) is 4.39. The van der Waals surface area contributed by atoms with Crippen LogP contribution in [0.1, 0.15) is 13.8 Å². The van der Waals surface area contributed by atoms with Gasteiger partial charge in [0.2, 0.25) is 0 Å². The van der Waals surface area contributed by atoms with E-state index in [-0.39, 0.29) is 0 Å². The highest BCUT2D eigenvalue weighted by atomic mass is 16.7. The van der Waals surface area contributed by atoms with E-state index in [0.717, 1.165) is 7.11 Å². The van der Waals surface area contributed by atoms with Crippen molar-refractivity contribution in [3.63, 3.8) is 0 Å². The van der Waals surface area contributed by atoms with Crippen LogP contribution in [-0.4, -0.2) is 147 Å². The minimum absolute atomic E-state index is 0.676. The van der Waals surface area contributed by atoms with Gasteiger partial charge in [0.15, 0.2) is 25.0 Å². The van der Waals surface area contributed by atoms with Crippen LogP contribution in [0.3, 0.4) is 0 Å². The Labute approximate surface area is 200 Å². The number of aliphatic hydroxyl groups excluding tert-OH is 7. The van der Waals surface area contributed by atoms with Crippen molar-refractivity contribution in [2.45, 2.75) is 99.9 Å². The van der Waals surface area contributed by atoms with E-state index in [0.29, 0.717) is 0 Å². The normalized spacial score (nSPS) is 51.2. The highest BCUT2D eigenvalue weighted by Crippen LogP contribution is 2.33. The Morgan fingerprint density at radius 3 is 1.83 bits per heavy atom. The van der Waals surface area contributed by atoms with Crippen molar-refractivity contribution in [3.05, 3.63) is 0 Å². The van der Waals surface area contributed by atoms with E-state index in [1.165, 1.54) is 0 Å². The number of aliphatic carboxylic acids is 1. The molecule has 0 bridgehead atoms. The summed E-state index contributed by atoms with van der Waals surface area (Å²) in [4.78, 5) is 11.5. The fraction of sp³-hybridized carbons (Fsp3) is 0.950. The van der Waals surface area contributed by atoms with Crippen LogP contribution in [0.5, 0.6) is 0 Å². The van der Waals surface area contributed by atoms with Crippen molar-refractivity contribution >= 4 is 5.97 Å². The molecule has 0 spiro atoms. The summed E-state index contributed by atoms with van der Waals surface area (Å²) in [5.41, 5.74) is 0. The van der Waals surface area contributed by atoms with Gasteiger partial charge in [-0.05, 0) is 6.92 Å². The zero-order valence-electron chi connectivity index (χ0n) is 19.3. The average Bonchev–Trinajstić information content (AvgIpc) is 2.82. The van der Waals surface area contributed by atoms with Gasteiger partial charge in [0, 0.05) is 13.0 Å². The summed E-state index contributed by atoms with van der Waals surface area (Å²) in [7, 11) is 1.13. The molecule has 0 radical (unpaired) electrons. The van der Waals surface area contributed by atoms with Gasteiger partial charge >= 0.3 is 5.97 Å². The number of hydrogen-bond donors (Lipinski definition) is 8. The second-order valence-corrected chi connectivity index (χ2v) is 8.94. The number of hydrogen-bond acceptors (Lipinski definition) is 14. The number of methoxy groups -OCH3 is 1. The second-order valence-electron chi connectivity index (χ2n) is 8.94. The van der Waals surface area contributed by atoms with Crippen molar-refractivity contribution < 1.29 is 74.1 Å². The summed E-state index contributed by atoms with van der Waals surface area (Å²) < 4.78 is 31.9. The molecule has 6 unspecified atom stereocenters. The molecular formula is C20H34O15. The van der Waals surface area contributed by atoms with E-state index < -0.39 is 105 Å². The molecule has 204 valence electrons. The van der Waals surface area contributed by atoms with Gasteiger partial charge < -0.3 is 69.3 Å². The maximum absolute atomic E-state index is 11.5. The number of ether oxygens (including phenoxy) is 6. The van der Waals surface area contributed by atoms with Crippen LogP contribution in [0.25, 0.3) is 0 Å². The summed E-state index contributed by atoms with van der Waals surface area (Å²) in [6, 6.07) is 0. The molecule has 8 N–H and O–H groups in total. The average molecular weight is 514 g/mol. The standard InChI is InChI=1S/C20H34O15/c1-5-8(22)6(2)31-19(9(5)23)33-14-10(24)7(4-21)32-20(13(14)27)34-15-11(25)16(17(28)29)35-18(30-3)12(15)26/h5-16,18-27H,4H2,1-3H3,(H,28,29)/t5-,6?,7?,8+,9-,10-,11+,12?,13?,14-,15-,16?,18+,19?,20-/m0/s1. The lowest BCUT2D eigenvalue weighted by atomic mass is 9.91. The van der Waals surface area contributed by atoms with E-state index in [9.17, 15) is 45.6 Å². The molecule has 3 aliphatic rings. The van der Waals surface area contributed by atoms with Crippen LogP contribution in [0.4, 0.5) is 0 Å². The molecule has 3 heterocycles. The maximum atomic E-state index is 11.5. The highest BCUT2D eigenvalue weighted by molar-refractivity contribution is 5.73. The Hall–Kier alpha value is -1.05. The Morgan fingerprint density at radius 2 is 1.29 bits per heavy atom. The fourth-order valence-electron chi connectivity index (χ4n) is 4.39. The van der Waals surface area contributed by atoms with Crippen molar-refractivity contribution in [2.75, 3.05) is 13.7 Å². The van der Waals surface area contributed by atoms with E-state index in [1.54, 1.807) is 13.8 Å². The van der Waals surface area contributed by atoms with E-state index in [4.69, 9.17) is 28.4 Å². The second kappa shape index (κ2) is 11.6. The third kappa shape index (κ3) is 5.62. The van der Waals surface area contributed by atoms with E-state index >= 15 is 0 Å². The monoisotopic (exact) mass is 514 g/mol. The highest BCUT2D eigenvalue weighted by Gasteiger charge is 2.54. The molecule has 15 atom stereocenters. The summed E-state index contributed by atoms with van der Waals surface area (Å²) in [6.45, 7) is 2.34. The molecule has 0 aromatic rings. The van der Waals surface area contributed by atoms with Crippen LogP contribution in [0.2, 0.25) is 0 Å². The number of carboxylic acid groups (broad SMARTS) is 1. The first kappa shape index (κ1) is 28.5. The first-order valence-electron chi connectivity index (χ1n) is 11.1.